The van der Waals surface area contributed by atoms with Gasteiger partial charge in [-0.3, -0.25) is 0 Å². The second kappa shape index (κ2) is 5.58. The number of hydrogen-bond donors (Lipinski definition) is 2. The van der Waals surface area contributed by atoms with Gasteiger partial charge in [0.25, 0.3) is 0 Å². The van der Waals surface area contributed by atoms with Crippen molar-refractivity contribution in [1.29, 1.82) is 0 Å². The van der Waals surface area contributed by atoms with Crippen LogP contribution in [0.1, 0.15) is 30.8 Å². The van der Waals surface area contributed by atoms with E-state index >= 15 is 0 Å². The summed E-state index contributed by atoms with van der Waals surface area (Å²) >= 11 is 0. The van der Waals surface area contributed by atoms with Crippen LogP contribution in [0.5, 0.6) is 0 Å². The molecule has 0 bridgehead atoms. The molecular formula is C11H17N3O3. The molecule has 0 radical (unpaired) electrons. The zero-order valence-corrected chi connectivity index (χ0v) is 10.2. The van der Waals surface area contributed by atoms with Gasteiger partial charge in [0.15, 0.2) is 5.69 Å². The van der Waals surface area contributed by atoms with Gasteiger partial charge < -0.3 is 15.2 Å². The smallest absolute Gasteiger partial charge is 0.358 e. The lowest BCUT2D eigenvalue weighted by atomic mass is 10.0. The molecule has 0 spiro atoms. The molecule has 1 aromatic heterocycles. The van der Waals surface area contributed by atoms with Gasteiger partial charge in [-0.1, -0.05) is 6.92 Å². The molecule has 0 saturated carbocycles. The number of esters is 1. The fourth-order valence-corrected chi connectivity index (χ4v) is 1.05. The second-order valence-electron chi connectivity index (χ2n) is 4.00. The highest BCUT2D eigenvalue weighted by molar-refractivity contribution is 5.86. The molecule has 1 atom stereocenters. The van der Waals surface area contributed by atoms with Gasteiger partial charge in [-0.05, 0) is 25.5 Å². The first kappa shape index (κ1) is 13.4. The summed E-state index contributed by atoms with van der Waals surface area (Å²) in [6.07, 6.45) is 0.633. The molecule has 0 saturated heterocycles. The third-order valence-corrected chi connectivity index (χ3v) is 2.47. The van der Waals surface area contributed by atoms with Crippen LogP contribution in [0.4, 0.5) is 5.82 Å². The summed E-state index contributed by atoms with van der Waals surface area (Å²) in [5, 5.41) is 20.2. The summed E-state index contributed by atoms with van der Waals surface area (Å²) in [5.74, 6) is -0.0176. The first-order valence-corrected chi connectivity index (χ1v) is 5.37. The molecule has 0 aliphatic heterocycles. The summed E-state index contributed by atoms with van der Waals surface area (Å²) in [6.45, 7) is 4.00. The van der Waals surface area contributed by atoms with E-state index in [-0.39, 0.29) is 5.69 Å². The first-order valence-electron chi connectivity index (χ1n) is 5.37. The molecular weight excluding hydrogens is 222 g/mol. The van der Waals surface area contributed by atoms with E-state index in [9.17, 15) is 9.90 Å². The van der Waals surface area contributed by atoms with Crippen molar-refractivity contribution >= 4 is 11.8 Å². The van der Waals surface area contributed by atoms with E-state index in [1.807, 2.05) is 6.92 Å². The van der Waals surface area contributed by atoms with E-state index in [0.29, 0.717) is 18.8 Å². The Morgan fingerprint density at radius 2 is 2.24 bits per heavy atom. The van der Waals surface area contributed by atoms with E-state index < -0.39 is 11.6 Å². The third-order valence-electron chi connectivity index (χ3n) is 2.47. The monoisotopic (exact) mass is 239 g/mol. The van der Waals surface area contributed by atoms with Gasteiger partial charge in [0.05, 0.1) is 12.7 Å². The summed E-state index contributed by atoms with van der Waals surface area (Å²) in [5.41, 5.74) is -0.636. The number of aromatic nitrogens is 2. The lowest BCUT2D eigenvalue weighted by molar-refractivity contribution is 0.0592. The number of anilines is 1. The highest BCUT2D eigenvalue weighted by Crippen LogP contribution is 2.10. The second-order valence-corrected chi connectivity index (χ2v) is 4.00. The minimum absolute atomic E-state index is 0.153. The lowest BCUT2D eigenvalue weighted by Crippen LogP contribution is -2.32. The van der Waals surface area contributed by atoms with Crippen LogP contribution in [0.3, 0.4) is 0 Å². The van der Waals surface area contributed by atoms with E-state index in [0.717, 1.165) is 0 Å². The number of carbonyl (C=O) groups is 1. The largest absolute Gasteiger partial charge is 0.464 e. The molecule has 2 N–H and O–H groups in total. The number of nitrogens with zero attached hydrogens (tertiary/aromatic N) is 2. The van der Waals surface area contributed by atoms with Gasteiger partial charge in [-0.2, -0.15) is 0 Å². The number of carbonyl (C=O) groups excluding carboxylic acids is 1. The summed E-state index contributed by atoms with van der Waals surface area (Å²) < 4.78 is 4.51. The Kier molecular flexibility index (Phi) is 4.39. The average Bonchev–Trinajstić information content (AvgIpc) is 2.36. The minimum atomic E-state index is -0.789. The number of ether oxygens (including phenoxy) is 1. The molecule has 1 rings (SSSR count). The predicted molar refractivity (Wildman–Crippen MR) is 62.8 cm³/mol. The van der Waals surface area contributed by atoms with Gasteiger partial charge in [0.1, 0.15) is 5.82 Å². The van der Waals surface area contributed by atoms with Crippen molar-refractivity contribution < 1.29 is 14.6 Å². The van der Waals surface area contributed by atoms with Crippen molar-refractivity contribution in [3.8, 4) is 0 Å². The van der Waals surface area contributed by atoms with Gasteiger partial charge in [0, 0.05) is 6.54 Å². The van der Waals surface area contributed by atoms with Crippen LogP contribution >= 0.6 is 0 Å². The molecule has 6 nitrogen and oxygen atoms in total. The Morgan fingerprint density at radius 1 is 1.53 bits per heavy atom. The summed E-state index contributed by atoms with van der Waals surface area (Å²) in [7, 11) is 1.29. The fourth-order valence-electron chi connectivity index (χ4n) is 1.05. The number of hydrogen-bond acceptors (Lipinski definition) is 6. The Bertz CT molecular complexity index is 376. The molecule has 0 aliphatic carbocycles. The first-order chi connectivity index (χ1) is 7.98. The van der Waals surface area contributed by atoms with E-state index in [2.05, 4.69) is 20.3 Å². The Labute approximate surface area is 100 Å². The fraction of sp³-hybridized carbons (Fsp3) is 0.545. The number of aliphatic hydroxyl groups is 1. The van der Waals surface area contributed by atoms with Crippen LogP contribution in [-0.4, -0.2) is 40.5 Å². The normalized spacial score (nSPS) is 13.9. The van der Waals surface area contributed by atoms with Crippen molar-refractivity contribution in [3.05, 3.63) is 17.8 Å². The Balaban J connectivity index is 2.60. The third kappa shape index (κ3) is 3.99. The molecule has 17 heavy (non-hydrogen) atoms. The Morgan fingerprint density at radius 3 is 2.71 bits per heavy atom. The van der Waals surface area contributed by atoms with Crippen molar-refractivity contribution in [3.63, 3.8) is 0 Å². The molecule has 0 aliphatic rings. The van der Waals surface area contributed by atoms with Crippen LogP contribution in [0.15, 0.2) is 12.1 Å². The topological polar surface area (TPSA) is 84.3 Å². The van der Waals surface area contributed by atoms with E-state index in [1.165, 1.54) is 13.2 Å². The molecule has 0 fully saturated rings. The predicted octanol–water partition coefficient (Wildman–Crippen LogP) is 0.836. The molecule has 0 aromatic carbocycles. The maximum atomic E-state index is 11.1. The highest BCUT2D eigenvalue weighted by Gasteiger charge is 2.17. The van der Waals surface area contributed by atoms with Gasteiger partial charge in [0.2, 0.25) is 0 Å². The van der Waals surface area contributed by atoms with Crippen molar-refractivity contribution in [2.24, 2.45) is 0 Å². The van der Waals surface area contributed by atoms with Crippen LogP contribution in [0.2, 0.25) is 0 Å². The molecule has 6 heteroatoms. The standard InChI is InChI=1S/C11H17N3O3/c1-4-11(2,16)7-12-9-6-5-8(13-14-9)10(15)17-3/h5-6,16H,4,7H2,1-3H3,(H,12,14). The minimum Gasteiger partial charge on any atom is -0.464 e. The SMILES string of the molecule is CCC(C)(O)CNc1ccc(C(=O)OC)nn1. The number of rotatable bonds is 5. The zero-order chi connectivity index (χ0) is 12.9. The van der Waals surface area contributed by atoms with Crippen LogP contribution < -0.4 is 5.32 Å². The molecule has 1 heterocycles. The van der Waals surface area contributed by atoms with Gasteiger partial charge in [-0.15, -0.1) is 10.2 Å². The van der Waals surface area contributed by atoms with Crippen molar-refractivity contribution in [1.82, 2.24) is 10.2 Å². The lowest BCUT2D eigenvalue weighted by Gasteiger charge is -2.21. The zero-order valence-electron chi connectivity index (χ0n) is 10.2. The van der Waals surface area contributed by atoms with Crippen molar-refractivity contribution in [2.45, 2.75) is 25.9 Å². The molecule has 0 amide bonds. The summed E-state index contributed by atoms with van der Waals surface area (Å²) in [6, 6.07) is 3.13. The van der Waals surface area contributed by atoms with Gasteiger partial charge >= 0.3 is 5.97 Å². The van der Waals surface area contributed by atoms with Crippen LogP contribution in [0, 0.1) is 0 Å². The molecule has 1 unspecified atom stereocenters. The maximum absolute atomic E-state index is 11.1. The van der Waals surface area contributed by atoms with E-state index in [1.54, 1.807) is 13.0 Å². The van der Waals surface area contributed by atoms with Gasteiger partial charge in [-0.25, -0.2) is 4.79 Å². The highest BCUT2D eigenvalue weighted by atomic mass is 16.5. The van der Waals surface area contributed by atoms with E-state index in [4.69, 9.17) is 0 Å². The Hall–Kier alpha value is -1.69. The summed E-state index contributed by atoms with van der Waals surface area (Å²) in [4.78, 5) is 11.1. The quantitative estimate of drug-likeness (QED) is 0.740. The number of methoxy groups -OCH3 is 1. The maximum Gasteiger partial charge on any atom is 0.358 e. The van der Waals surface area contributed by atoms with Crippen molar-refractivity contribution in [2.75, 3.05) is 19.0 Å². The number of nitrogens with one attached hydrogen (secondary N) is 1. The van der Waals surface area contributed by atoms with Crippen LogP contribution in [0.25, 0.3) is 0 Å². The average molecular weight is 239 g/mol. The molecule has 1 aromatic rings. The van der Waals surface area contributed by atoms with Crippen LogP contribution in [-0.2, 0) is 4.74 Å². The molecule has 94 valence electrons.